The van der Waals surface area contributed by atoms with Gasteiger partial charge in [-0.2, -0.15) is 0 Å². The molecular weight excluding hydrogens is 196 g/mol. The van der Waals surface area contributed by atoms with Gasteiger partial charge in [-0.15, -0.1) is 11.3 Å². The number of nitrogens with two attached hydrogens (primary N) is 1. The van der Waals surface area contributed by atoms with Crippen LogP contribution >= 0.6 is 11.3 Å². The van der Waals surface area contributed by atoms with Crippen LogP contribution in [0.2, 0.25) is 0 Å². The Morgan fingerprint density at radius 1 is 1.43 bits per heavy atom. The van der Waals surface area contributed by atoms with Gasteiger partial charge in [0.1, 0.15) is 16.5 Å². The van der Waals surface area contributed by atoms with E-state index in [-0.39, 0.29) is 0 Å². The minimum absolute atomic E-state index is 0.577. The number of hydrogen-bond donors (Lipinski definition) is 1. The van der Waals surface area contributed by atoms with Crippen LogP contribution < -0.4 is 5.73 Å². The van der Waals surface area contributed by atoms with Gasteiger partial charge in [0, 0.05) is 0 Å². The molecular formula is C9H12N4S. The third kappa shape index (κ3) is 1.69. The van der Waals surface area contributed by atoms with Gasteiger partial charge in [0.15, 0.2) is 0 Å². The van der Waals surface area contributed by atoms with Crippen molar-refractivity contribution in [2.45, 2.75) is 6.54 Å². The minimum atomic E-state index is 0.577. The SMILES string of the molecule is CN(C)Cc1nc(N)c2ccsc2n1. The molecule has 0 radical (unpaired) electrons. The Balaban J connectivity index is 2.47. The highest BCUT2D eigenvalue weighted by atomic mass is 32.1. The Kier molecular flexibility index (Phi) is 2.35. The predicted molar refractivity (Wildman–Crippen MR) is 59.2 cm³/mol. The van der Waals surface area contributed by atoms with Gasteiger partial charge in [0.2, 0.25) is 0 Å². The summed E-state index contributed by atoms with van der Waals surface area (Å²) in [5.74, 6) is 1.36. The highest BCUT2D eigenvalue weighted by Crippen LogP contribution is 2.22. The molecule has 0 saturated carbocycles. The van der Waals surface area contributed by atoms with Gasteiger partial charge < -0.3 is 10.6 Å². The van der Waals surface area contributed by atoms with Gasteiger partial charge in [-0.1, -0.05) is 0 Å². The van der Waals surface area contributed by atoms with Crippen LogP contribution in [0.3, 0.4) is 0 Å². The lowest BCUT2D eigenvalue weighted by Crippen LogP contribution is -2.13. The lowest BCUT2D eigenvalue weighted by molar-refractivity contribution is 0.391. The van der Waals surface area contributed by atoms with Crippen molar-refractivity contribution in [1.29, 1.82) is 0 Å². The maximum atomic E-state index is 5.81. The van der Waals surface area contributed by atoms with Gasteiger partial charge in [-0.05, 0) is 25.5 Å². The average Bonchev–Trinajstić information content (AvgIpc) is 2.50. The van der Waals surface area contributed by atoms with E-state index in [9.17, 15) is 0 Å². The molecule has 0 aliphatic heterocycles. The predicted octanol–water partition coefficient (Wildman–Crippen LogP) is 1.34. The molecule has 2 aromatic rings. The third-order valence-corrected chi connectivity index (χ3v) is 2.67. The van der Waals surface area contributed by atoms with E-state index in [1.54, 1.807) is 11.3 Å². The van der Waals surface area contributed by atoms with E-state index in [1.807, 2.05) is 30.4 Å². The van der Waals surface area contributed by atoms with Gasteiger partial charge in [0.25, 0.3) is 0 Å². The van der Waals surface area contributed by atoms with Crippen LogP contribution in [0.1, 0.15) is 5.82 Å². The quantitative estimate of drug-likeness (QED) is 0.809. The molecule has 0 unspecified atom stereocenters. The minimum Gasteiger partial charge on any atom is -0.383 e. The zero-order valence-electron chi connectivity index (χ0n) is 8.19. The van der Waals surface area contributed by atoms with Crippen LogP contribution in [-0.2, 0) is 6.54 Å². The van der Waals surface area contributed by atoms with Crippen molar-refractivity contribution in [3.8, 4) is 0 Å². The highest BCUT2D eigenvalue weighted by molar-refractivity contribution is 7.16. The van der Waals surface area contributed by atoms with Gasteiger partial charge in [-0.25, -0.2) is 9.97 Å². The molecule has 0 saturated heterocycles. The summed E-state index contributed by atoms with van der Waals surface area (Å²) < 4.78 is 0. The standard InChI is InChI=1S/C9H12N4S/c1-13(2)5-7-11-8(10)6-3-4-14-9(6)12-7/h3-4H,5H2,1-2H3,(H2,10,11,12). The molecule has 0 aliphatic rings. The molecule has 0 atom stereocenters. The van der Waals surface area contributed by atoms with Crippen LogP contribution in [0, 0.1) is 0 Å². The number of anilines is 1. The largest absolute Gasteiger partial charge is 0.383 e. The van der Waals surface area contributed by atoms with E-state index < -0.39 is 0 Å². The third-order valence-electron chi connectivity index (χ3n) is 1.86. The molecule has 0 amide bonds. The van der Waals surface area contributed by atoms with Gasteiger partial charge in [0.05, 0.1) is 11.9 Å². The first-order chi connectivity index (χ1) is 6.66. The van der Waals surface area contributed by atoms with E-state index in [0.717, 1.165) is 22.6 Å². The normalized spacial score (nSPS) is 11.4. The Hall–Kier alpha value is -1.20. The molecule has 2 N–H and O–H groups in total. The molecule has 5 heteroatoms. The summed E-state index contributed by atoms with van der Waals surface area (Å²) in [4.78, 5) is 11.7. The fraction of sp³-hybridized carbons (Fsp3) is 0.333. The molecule has 0 spiro atoms. The molecule has 14 heavy (non-hydrogen) atoms. The fourth-order valence-corrected chi connectivity index (χ4v) is 2.07. The fourth-order valence-electron chi connectivity index (χ4n) is 1.28. The Labute approximate surface area is 86.4 Å². The lowest BCUT2D eigenvalue weighted by atomic mass is 10.4. The van der Waals surface area contributed by atoms with E-state index in [2.05, 4.69) is 9.97 Å². The van der Waals surface area contributed by atoms with Gasteiger partial charge >= 0.3 is 0 Å². The maximum Gasteiger partial charge on any atom is 0.146 e. The summed E-state index contributed by atoms with van der Waals surface area (Å²) in [5, 5.41) is 2.94. The molecule has 74 valence electrons. The molecule has 0 aliphatic carbocycles. The number of fused-ring (bicyclic) bond motifs is 1. The lowest BCUT2D eigenvalue weighted by Gasteiger charge is -2.08. The van der Waals surface area contributed by atoms with Crippen molar-refractivity contribution in [3.63, 3.8) is 0 Å². The van der Waals surface area contributed by atoms with Crippen LogP contribution in [0.5, 0.6) is 0 Å². The summed E-state index contributed by atoms with van der Waals surface area (Å²) in [6, 6.07) is 1.95. The van der Waals surface area contributed by atoms with Crippen LogP contribution in [-0.4, -0.2) is 29.0 Å². The first kappa shape index (κ1) is 9.36. The number of nitrogens with zero attached hydrogens (tertiary/aromatic N) is 3. The second-order valence-electron chi connectivity index (χ2n) is 3.40. The van der Waals surface area contributed by atoms with Crippen molar-refractivity contribution in [2.75, 3.05) is 19.8 Å². The Morgan fingerprint density at radius 2 is 2.21 bits per heavy atom. The molecule has 2 aromatic heterocycles. The van der Waals surface area contributed by atoms with Crippen molar-refractivity contribution in [3.05, 3.63) is 17.3 Å². The van der Waals surface area contributed by atoms with Crippen LogP contribution in [0.4, 0.5) is 5.82 Å². The zero-order valence-corrected chi connectivity index (χ0v) is 9.01. The van der Waals surface area contributed by atoms with Crippen molar-refractivity contribution in [1.82, 2.24) is 14.9 Å². The summed E-state index contributed by atoms with van der Waals surface area (Å²) in [6.07, 6.45) is 0. The topological polar surface area (TPSA) is 55.0 Å². The molecule has 2 rings (SSSR count). The summed E-state index contributed by atoms with van der Waals surface area (Å²) >= 11 is 1.59. The van der Waals surface area contributed by atoms with E-state index >= 15 is 0 Å². The summed E-state index contributed by atoms with van der Waals surface area (Å²) in [6.45, 7) is 0.720. The second-order valence-corrected chi connectivity index (χ2v) is 4.30. The number of aromatic nitrogens is 2. The number of thiophene rings is 1. The molecule has 4 nitrogen and oxygen atoms in total. The maximum absolute atomic E-state index is 5.81. The van der Waals surface area contributed by atoms with Crippen LogP contribution in [0.15, 0.2) is 11.4 Å². The summed E-state index contributed by atoms with van der Waals surface area (Å²) in [7, 11) is 3.97. The van der Waals surface area contributed by atoms with Crippen molar-refractivity contribution >= 4 is 27.4 Å². The highest BCUT2D eigenvalue weighted by Gasteiger charge is 2.06. The summed E-state index contributed by atoms with van der Waals surface area (Å²) in [5.41, 5.74) is 5.81. The monoisotopic (exact) mass is 208 g/mol. The number of hydrogen-bond acceptors (Lipinski definition) is 5. The smallest absolute Gasteiger partial charge is 0.146 e. The first-order valence-corrected chi connectivity index (χ1v) is 5.19. The molecule has 2 heterocycles. The van der Waals surface area contributed by atoms with Gasteiger partial charge in [-0.3, -0.25) is 0 Å². The van der Waals surface area contributed by atoms with E-state index in [1.165, 1.54) is 0 Å². The Morgan fingerprint density at radius 3 is 2.93 bits per heavy atom. The molecule has 0 aromatic carbocycles. The average molecular weight is 208 g/mol. The first-order valence-electron chi connectivity index (χ1n) is 4.31. The van der Waals surface area contributed by atoms with E-state index in [0.29, 0.717) is 5.82 Å². The second kappa shape index (κ2) is 3.51. The number of rotatable bonds is 2. The van der Waals surface area contributed by atoms with Crippen LogP contribution in [0.25, 0.3) is 10.2 Å². The van der Waals surface area contributed by atoms with E-state index in [4.69, 9.17) is 5.73 Å². The molecule has 0 fully saturated rings. The zero-order chi connectivity index (χ0) is 10.1. The molecule has 0 bridgehead atoms. The van der Waals surface area contributed by atoms with Crippen molar-refractivity contribution in [2.24, 2.45) is 0 Å². The Bertz CT molecular complexity index is 449. The van der Waals surface area contributed by atoms with Crippen molar-refractivity contribution < 1.29 is 0 Å². The number of nitrogen functional groups attached to an aromatic ring is 1.